The van der Waals surface area contributed by atoms with Crippen LogP contribution in [0.15, 0.2) is 36.7 Å². The van der Waals surface area contributed by atoms with Gasteiger partial charge >= 0.3 is 0 Å². The number of carbonyl (C=O) groups excluding carboxylic acids is 2. The Labute approximate surface area is 108 Å². The number of nitrogens with zero attached hydrogens (tertiary/aromatic N) is 1. The van der Waals surface area contributed by atoms with Gasteiger partial charge in [-0.3, -0.25) is 19.9 Å². The van der Waals surface area contributed by atoms with Gasteiger partial charge in [0.15, 0.2) is 0 Å². The van der Waals surface area contributed by atoms with Crippen molar-refractivity contribution in [2.45, 2.75) is 0 Å². The topological polar surface area (TPSA) is 97.1 Å². The van der Waals surface area contributed by atoms with Crippen LogP contribution in [0.2, 0.25) is 0 Å². The fourth-order valence-electron chi connectivity index (χ4n) is 1.92. The average Bonchev–Trinajstić information content (AvgIpc) is 2.68. The van der Waals surface area contributed by atoms with Gasteiger partial charge in [0.25, 0.3) is 11.8 Å². The fourth-order valence-corrected chi connectivity index (χ4v) is 1.92. The number of nitrogens with two attached hydrogens (primary N) is 1. The van der Waals surface area contributed by atoms with Gasteiger partial charge in [-0.25, -0.2) is 0 Å². The van der Waals surface area contributed by atoms with Gasteiger partial charge in [-0.1, -0.05) is 0 Å². The van der Waals surface area contributed by atoms with E-state index >= 15 is 0 Å². The van der Waals surface area contributed by atoms with Crippen LogP contribution in [0.4, 0.5) is 17.1 Å². The number of amides is 2. The van der Waals surface area contributed by atoms with Crippen molar-refractivity contribution in [3.8, 4) is 0 Å². The molecule has 4 N–H and O–H groups in total. The zero-order valence-corrected chi connectivity index (χ0v) is 9.81. The molecular weight excluding hydrogens is 244 g/mol. The summed E-state index contributed by atoms with van der Waals surface area (Å²) in [5.41, 5.74) is 8.40. The highest BCUT2D eigenvalue weighted by atomic mass is 16.2. The summed E-state index contributed by atoms with van der Waals surface area (Å²) in [6.45, 7) is 0. The molecule has 0 bridgehead atoms. The number of aromatic nitrogens is 1. The molecule has 0 unspecified atom stereocenters. The van der Waals surface area contributed by atoms with Crippen LogP contribution in [-0.2, 0) is 0 Å². The molecule has 0 saturated heterocycles. The Bertz CT molecular complexity index is 697. The monoisotopic (exact) mass is 254 g/mol. The number of nitrogen functional groups attached to an aromatic ring is 1. The number of pyridine rings is 1. The molecule has 6 nitrogen and oxygen atoms in total. The molecule has 0 aliphatic carbocycles. The SMILES string of the molecule is Nc1cnccc1Nc1ccc2c(c1)C(=O)NC2=O. The summed E-state index contributed by atoms with van der Waals surface area (Å²) in [5.74, 6) is -0.749. The molecule has 19 heavy (non-hydrogen) atoms. The minimum atomic E-state index is -0.383. The molecule has 1 aliphatic rings. The van der Waals surface area contributed by atoms with Gasteiger partial charge in [-0.05, 0) is 24.3 Å². The normalized spacial score (nSPS) is 13.1. The molecule has 0 radical (unpaired) electrons. The Morgan fingerprint density at radius 1 is 1.11 bits per heavy atom. The molecular formula is C13H10N4O2. The first-order valence-corrected chi connectivity index (χ1v) is 5.61. The molecule has 1 aliphatic heterocycles. The number of hydrogen-bond donors (Lipinski definition) is 3. The molecule has 2 amide bonds. The summed E-state index contributed by atoms with van der Waals surface area (Å²) in [5, 5.41) is 5.33. The van der Waals surface area contributed by atoms with E-state index in [0.717, 1.165) is 0 Å². The van der Waals surface area contributed by atoms with E-state index in [0.29, 0.717) is 28.2 Å². The Hall–Kier alpha value is -2.89. The maximum atomic E-state index is 11.6. The van der Waals surface area contributed by atoms with Gasteiger partial charge in [0.05, 0.1) is 28.7 Å². The Balaban J connectivity index is 1.96. The quantitative estimate of drug-likeness (QED) is 0.701. The number of imide groups is 1. The van der Waals surface area contributed by atoms with E-state index in [4.69, 9.17) is 5.73 Å². The number of hydrogen-bond acceptors (Lipinski definition) is 5. The number of nitrogens with one attached hydrogen (secondary N) is 2. The standard InChI is InChI=1S/C13H10N4O2/c14-10-6-15-4-3-11(10)16-7-1-2-8-9(5-7)13(19)17-12(8)18/h1-6H,14H2,(H,15,16)(H,17,18,19). The van der Waals surface area contributed by atoms with Crippen LogP contribution in [-0.4, -0.2) is 16.8 Å². The van der Waals surface area contributed by atoms with E-state index in [9.17, 15) is 9.59 Å². The zero-order chi connectivity index (χ0) is 13.4. The maximum absolute atomic E-state index is 11.6. The maximum Gasteiger partial charge on any atom is 0.259 e. The first kappa shape index (κ1) is 11.2. The lowest BCUT2D eigenvalue weighted by Crippen LogP contribution is -2.19. The number of fused-ring (bicyclic) bond motifs is 1. The van der Waals surface area contributed by atoms with Gasteiger partial charge in [-0.15, -0.1) is 0 Å². The van der Waals surface area contributed by atoms with Crippen molar-refractivity contribution in [1.29, 1.82) is 0 Å². The van der Waals surface area contributed by atoms with Gasteiger partial charge in [0, 0.05) is 11.9 Å². The second kappa shape index (κ2) is 4.09. The number of benzene rings is 1. The lowest BCUT2D eigenvalue weighted by atomic mass is 10.1. The first-order valence-electron chi connectivity index (χ1n) is 5.61. The summed E-state index contributed by atoms with van der Waals surface area (Å²) in [6, 6.07) is 6.68. The van der Waals surface area contributed by atoms with Crippen LogP contribution >= 0.6 is 0 Å². The third-order valence-corrected chi connectivity index (χ3v) is 2.87. The second-order valence-electron chi connectivity index (χ2n) is 4.13. The van der Waals surface area contributed by atoms with E-state index in [1.807, 2.05) is 0 Å². The highest BCUT2D eigenvalue weighted by Crippen LogP contribution is 2.25. The van der Waals surface area contributed by atoms with Crippen LogP contribution in [0.1, 0.15) is 20.7 Å². The van der Waals surface area contributed by atoms with E-state index in [2.05, 4.69) is 15.6 Å². The van der Waals surface area contributed by atoms with Crippen LogP contribution < -0.4 is 16.4 Å². The fraction of sp³-hybridized carbons (Fsp3) is 0. The molecule has 94 valence electrons. The van der Waals surface area contributed by atoms with Crippen molar-refractivity contribution in [2.75, 3.05) is 11.1 Å². The van der Waals surface area contributed by atoms with Crippen molar-refractivity contribution < 1.29 is 9.59 Å². The molecule has 2 aromatic rings. The molecule has 6 heteroatoms. The second-order valence-corrected chi connectivity index (χ2v) is 4.13. The molecule has 3 rings (SSSR count). The largest absolute Gasteiger partial charge is 0.396 e. The smallest absolute Gasteiger partial charge is 0.259 e. The number of anilines is 3. The minimum absolute atomic E-state index is 0.364. The third kappa shape index (κ3) is 1.89. The van der Waals surface area contributed by atoms with Crippen molar-refractivity contribution in [3.63, 3.8) is 0 Å². The van der Waals surface area contributed by atoms with Crippen molar-refractivity contribution >= 4 is 28.9 Å². The minimum Gasteiger partial charge on any atom is -0.396 e. The Morgan fingerprint density at radius 2 is 1.89 bits per heavy atom. The zero-order valence-electron chi connectivity index (χ0n) is 9.81. The lowest BCUT2D eigenvalue weighted by Gasteiger charge is -2.09. The van der Waals surface area contributed by atoms with Gasteiger partial charge in [-0.2, -0.15) is 0 Å². The molecule has 0 atom stereocenters. The predicted molar refractivity (Wildman–Crippen MR) is 70.2 cm³/mol. The Morgan fingerprint density at radius 3 is 2.68 bits per heavy atom. The molecule has 1 aromatic carbocycles. The summed E-state index contributed by atoms with van der Waals surface area (Å²) in [7, 11) is 0. The lowest BCUT2D eigenvalue weighted by molar-refractivity contribution is 0.0879. The van der Waals surface area contributed by atoms with Gasteiger partial charge < -0.3 is 11.1 Å². The van der Waals surface area contributed by atoms with Crippen LogP contribution in [0, 0.1) is 0 Å². The van der Waals surface area contributed by atoms with Gasteiger partial charge in [0.2, 0.25) is 0 Å². The summed E-state index contributed by atoms with van der Waals surface area (Å²) in [6.07, 6.45) is 3.15. The molecule has 1 aromatic heterocycles. The summed E-state index contributed by atoms with van der Waals surface area (Å²) in [4.78, 5) is 26.9. The van der Waals surface area contributed by atoms with Crippen LogP contribution in [0.5, 0.6) is 0 Å². The Kier molecular flexibility index (Phi) is 2.42. The van der Waals surface area contributed by atoms with Crippen molar-refractivity contribution in [3.05, 3.63) is 47.8 Å². The predicted octanol–water partition coefficient (Wildman–Crippen LogP) is 1.29. The average molecular weight is 254 g/mol. The number of carbonyl (C=O) groups is 2. The molecule has 0 fully saturated rings. The highest BCUT2D eigenvalue weighted by molar-refractivity contribution is 6.21. The van der Waals surface area contributed by atoms with Crippen LogP contribution in [0.3, 0.4) is 0 Å². The molecule has 0 saturated carbocycles. The first-order chi connectivity index (χ1) is 9.15. The van der Waals surface area contributed by atoms with Crippen molar-refractivity contribution in [1.82, 2.24) is 10.3 Å². The van der Waals surface area contributed by atoms with Crippen LogP contribution in [0.25, 0.3) is 0 Å². The molecule has 0 spiro atoms. The van der Waals surface area contributed by atoms with Crippen molar-refractivity contribution in [2.24, 2.45) is 0 Å². The highest BCUT2D eigenvalue weighted by Gasteiger charge is 2.26. The van der Waals surface area contributed by atoms with E-state index in [1.54, 1.807) is 30.5 Å². The molecule has 2 heterocycles. The summed E-state index contributed by atoms with van der Waals surface area (Å²) < 4.78 is 0. The number of rotatable bonds is 2. The van der Waals surface area contributed by atoms with Gasteiger partial charge in [0.1, 0.15) is 0 Å². The van der Waals surface area contributed by atoms with E-state index in [1.165, 1.54) is 6.20 Å². The van der Waals surface area contributed by atoms with E-state index < -0.39 is 0 Å². The summed E-state index contributed by atoms with van der Waals surface area (Å²) >= 11 is 0. The third-order valence-electron chi connectivity index (χ3n) is 2.87. The van der Waals surface area contributed by atoms with E-state index in [-0.39, 0.29) is 11.8 Å².